The minimum Gasteiger partial charge on any atom is -0.497 e. The molecule has 2 aliphatic heterocycles. The summed E-state index contributed by atoms with van der Waals surface area (Å²) < 4.78 is 10.9. The van der Waals surface area contributed by atoms with Gasteiger partial charge in [-0.05, 0) is 49.6 Å². The minimum atomic E-state index is 0.713. The number of nitrogens with one attached hydrogen (secondary N) is 1. The molecule has 3 rings (SSSR count). The Balaban J connectivity index is 1.41. The van der Waals surface area contributed by atoms with Gasteiger partial charge in [0.2, 0.25) is 0 Å². The molecule has 1 aromatic rings. The highest BCUT2D eigenvalue weighted by Crippen LogP contribution is 2.24. The SMILES string of the molecule is COc1ccc(OCCN2CC3CCCNC3C2)cc1. The molecule has 4 nitrogen and oxygen atoms in total. The maximum Gasteiger partial charge on any atom is 0.119 e. The summed E-state index contributed by atoms with van der Waals surface area (Å²) in [6.07, 6.45) is 2.71. The van der Waals surface area contributed by atoms with Crippen LogP contribution in [0.1, 0.15) is 12.8 Å². The summed E-state index contributed by atoms with van der Waals surface area (Å²) in [6, 6.07) is 8.51. The van der Waals surface area contributed by atoms with Crippen molar-refractivity contribution in [2.75, 3.05) is 39.9 Å². The Bertz CT molecular complexity index is 407. The quantitative estimate of drug-likeness (QED) is 0.888. The molecule has 2 fully saturated rings. The smallest absolute Gasteiger partial charge is 0.119 e. The van der Waals surface area contributed by atoms with Gasteiger partial charge in [0, 0.05) is 25.7 Å². The fourth-order valence-electron chi connectivity index (χ4n) is 3.28. The molecule has 0 amide bonds. The summed E-state index contributed by atoms with van der Waals surface area (Å²) in [5.41, 5.74) is 0. The number of ether oxygens (including phenoxy) is 2. The Labute approximate surface area is 121 Å². The summed E-state index contributed by atoms with van der Waals surface area (Å²) in [4.78, 5) is 2.52. The van der Waals surface area contributed by atoms with Crippen molar-refractivity contribution in [1.82, 2.24) is 10.2 Å². The van der Waals surface area contributed by atoms with E-state index in [1.165, 1.54) is 32.5 Å². The lowest BCUT2D eigenvalue weighted by molar-refractivity contribution is 0.231. The van der Waals surface area contributed by atoms with Crippen molar-refractivity contribution in [2.45, 2.75) is 18.9 Å². The Morgan fingerprint density at radius 1 is 1.20 bits per heavy atom. The molecular weight excluding hydrogens is 252 g/mol. The molecular formula is C16H24N2O2. The third-order valence-electron chi connectivity index (χ3n) is 4.41. The predicted molar refractivity (Wildman–Crippen MR) is 79.4 cm³/mol. The van der Waals surface area contributed by atoms with Gasteiger partial charge in [0.1, 0.15) is 18.1 Å². The van der Waals surface area contributed by atoms with Crippen molar-refractivity contribution >= 4 is 0 Å². The Morgan fingerprint density at radius 2 is 2.00 bits per heavy atom. The van der Waals surface area contributed by atoms with Gasteiger partial charge in [0.05, 0.1) is 7.11 Å². The van der Waals surface area contributed by atoms with Crippen molar-refractivity contribution in [3.8, 4) is 11.5 Å². The fourth-order valence-corrected chi connectivity index (χ4v) is 3.28. The van der Waals surface area contributed by atoms with Crippen LogP contribution in [0.4, 0.5) is 0 Å². The van der Waals surface area contributed by atoms with E-state index < -0.39 is 0 Å². The number of likely N-dealkylation sites (tertiary alicyclic amines) is 1. The Kier molecular flexibility index (Phi) is 4.43. The van der Waals surface area contributed by atoms with E-state index in [4.69, 9.17) is 9.47 Å². The highest BCUT2D eigenvalue weighted by Gasteiger charge is 2.33. The average molecular weight is 276 g/mol. The molecule has 0 radical (unpaired) electrons. The largest absolute Gasteiger partial charge is 0.497 e. The zero-order chi connectivity index (χ0) is 13.8. The molecule has 0 spiro atoms. The number of hydrogen-bond acceptors (Lipinski definition) is 4. The molecule has 2 unspecified atom stereocenters. The van der Waals surface area contributed by atoms with Crippen LogP contribution in [0.3, 0.4) is 0 Å². The van der Waals surface area contributed by atoms with Gasteiger partial charge in [0.25, 0.3) is 0 Å². The van der Waals surface area contributed by atoms with E-state index in [1.807, 2.05) is 24.3 Å². The molecule has 1 aromatic carbocycles. The van der Waals surface area contributed by atoms with Crippen LogP contribution in [0.15, 0.2) is 24.3 Å². The number of hydrogen-bond donors (Lipinski definition) is 1. The zero-order valence-electron chi connectivity index (χ0n) is 12.2. The van der Waals surface area contributed by atoms with Gasteiger partial charge >= 0.3 is 0 Å². The van der Waals surface area contributed by atoms with Crippen LogP contribution in [-0.2, 0) is 0 Å². The van der Waals surface area contributed by atoms with E-state index >= 15 is 0 Å². The first-order valence-corrected chi connectivity index (χ1v) is 7.58. The second-order valence-electron chi connectivity index (χ2n) is 5.75. The number of fused-ring (bicyclic) bond motifs is 1. The number of piperidine rings is 1. The fraction of sp³-hybridized carbons (Fsp3) is 0.625. The van der Waals surface area contributed by atoms with E-state index in [0.29, 0.717) is 6.04 Å². The molecule has 20 heavy (non-hydrogen) atoms. The van der Waals surface area contributed by atoms with Crippen LogP contribution in [0.25, 0.3) is 0 Å². The molecule has 2 saturated heterocycles. The van der Waals surface area contributed by atoms with Crippen molar-refractivity contribution in [3.05, 3.63) is 24.3 Å². The van der Waals surface area contributed by atoms with Crippen molar-refractivity contribution in [1.29, 1.82) is 0 Å². The van der Waals surface area contributed by atoms with E-state index in [0.717, 1.165) is 30.6 Å². The van der Waals surface area contributed by atoms with Crippen LogP contribution < -0.4 is 14.8 Å². The van der Waals surface area contributed by atoms with E-state index in [2.05, 4.69) is 10.2 Å². The van der Waals surface area contributed by atoms with Gasteiger partial charge in [-0.25, -0.2) is 0 Å². The van der Waals surface area contributed by atoms with Gasteiger partial charge in [-0.2, -0.15) is 0 Å². The van der Waals surface area contributed by atoms with Crippen LogP contribution >= 0.6 is 0 Å². The van der Waals surface area contributed by atoms with Gasteiger partial charge in [-0.15, -0.1) is 0 Å². The molecule has 4 heteroatoms. The summed E-state index contributed by atoms with van der Waals surface area (Å²) in [6.45, 7) is 5.37. The van der Waals surface area contributed by atoms with Crippen LogP contribution in [0, 0.1) is 5.92 Å². The number of rotatable bonds is 5. The van der Waals surface area contributed by atoms with Gasteiger partial charge in [-0.3, -0.25) is 4.90 Å². The van der Waals surface area contributed by atoms with Crippen LogP contribution in [-0.4, -0.2) is 50.8 Å². The predicted octanol–water partition coefficient (Wildman–Crippen LogP) is 1.76. The summed E-state index contributed by atoms with van der Waals surface area (Å²) in [5.74, 6) is 2.64. The first kappa shape index (κ1) is 13.7. The lowest BCUT2D eigenvalue weighted by atomic mass is 9.94. The van der Waals surface area contributed by atoms with Gasteiger partial charge in [0.15, 0.2) is 0 Å². The molecule has 0 aromatic heterocycles. The highest BCUT2D eigenvalue weighted by atomic mass is 16.5. The average Bonchev–Trinajstić information content (AvgIpc) is 2.90. The minimum absolute atomic E-state index is 0.713. The second-order valence-corrected chi connectivity index (χ2v) is 5.75. The number of methoxy groups -OCH3 is 1. The molecule has 2 aliphatic rings. The Morgan fingerprint density at radius 3 is 2.75 bits per heavy atom. The van der Waals surface area contributed by atoms with E-state index in [9.17, 15) is 0 Å². The van der Waals surface area contributed by atoms with Crippen molar-refractivity contribution in [2.24, 2.45) is 5.92 Å². The molecule has 0 aliphatic carbocycles. The number of benzene rings is 1. The maximum atomic E-state index is 5.80. The molecule has 0 bridgehead atoms. The lowest BCUT2D eigenvalue weighted by Gasteiger charge is -2.24. The summed E-state index contributed by atoms with van der Waals surface area (Å²) in [7, 11) is 1.68. The summed E-state index contributed by atoms with van der Waals surface area (Å²) in [5, 5.41) is 3.64. The highest BCUT2D eigenvalue weighted by molar-refractivity contribution is 5.31. The van der Waals surface area contributed by atoms with E-state index in [1.54, 1.807) is 7.11 Å². The summed E-state index contributed by atoms with van der Waals surface area (Å²) >= 11 is 0. The monoisotopic (exact) mass is 276 g/mol. The standard InChI is InChI=1S/C16H24N2O2/c1-19-14-4-6-15(7-5-14)20-10-9-18-11-13-3-2-8-17-16(13)12-18/h4-7,13,16-17H,2-3,8-12H2,1H3. The third kappa shape index (κ3) is 3.25. The van der Waals surface area contributed by atoms with Gasteiger partial charge < -0.3 is 14.8 Å². The van der Waals surface area contributed by atoms with Crippen molar-refractivity contribution in [3.63, 3.8) is 0 Å². The normalized spacial score (nSPS) is 26.2. The molecule has 2 atom stereocenters. The van der Waals surface area contributed by atoms with E-state index in [-0.39, 0.29) is 0 Å². The van der Waals surface area contributed by atoms with Gasteiger partial charge in [-0.1, -0.05) is 0 Å². The first-order chi connectivity index (χ1) is 9.85. The van der Waals surface area contributed by atoms with Crippen molar-refractivity contribution < 1.29 is 9.47 Å². The third-order valence-corrected chi connectivity index (χ3v) is 4.41. The zero-order valence-corrected chi connectivity index (χ0v) is 12.2. The maximum absolute atomic E-state index is 5.80. The van der Waals surface area contributed by atoms with Crippen LogP contribution in [0.5, 0.6) is 11.5 Å². The molecule has 0 saturated carbocycles. The molecule has 110 valence electrons. The van der Waals surface area contributed by atoms with Crippen LogP contribution in [0.2, 0.25) is 0 Å². The second kappa shape index (κ2) is 6.46. The number of nitrogens with zero attached hydrogens (tertiary/aromatic N) is 1. The topological polar surface area (TPSA) is 33.7 Å². The molecule has 2 heterocycles. The lowest BCUT2D eigenvalue weighted by Crippen LogP contribution is -2.40. The molecule has 1 N–H and O–H groups in total. The first-order valence-electron chi connectivity index (χ1n) is 7.58. The Hall–Kier alpha value is -1.26.